The number of benzene rings is 2. The van der Waals surface area contributed by atoms with Gasteiger partial charge in [-0.1, -0.05) is 73.2 Å². The van der Waals surface area contributed by atoms with Crippen molar-refractivity contribution < 1.29 is 19.5 Å². The molecule has 204 valence electrons. The summed E-state index contributed by atoms with van der Waals surface area (Å²) in [7, 11) is 1.57. The van der Waals surface area contributed by atoms with Gasteiger partial charge in [-0.3, -0.25) is 14.4 Å². The molecule has 3 N–H and O–H groups in total. The van der Waals surface area contributed by atoms with Gasteiger partial charge in [0.05, 0.1) is 30.0 Å². The van der Waals surface area contributed by atoms with Crippen molar-refractivity contribution in [1.82, 2.24) is 30.5 Å². The Hall–Kier alpha value is -4.05. The molecule has 0 radical (unpaired) electrons. The number of allylic oxidation sites excluding steroid dienone is 1. The Labute approximate surface area is 227 Å². The fourth-order valence-corrected chi connectivity index (χ4v) is 6.23. The van der Waals surface area contributed by atoms with Crippen molar-refractivity contribution in [2.45, 2.75) is 38.5 Å². The number of amides is 3. The van der Waals surface area contributed by atoms with Crippen LogP contribution in [-0.4, -0.2) is 62.4 Å². The minimum atomic E-state index is -0.916. The predicted molar refractivity (Wildman–Crippen MR) is 145 cm³/mol. The molecule has 1 saturated heterocycles. The number of carbonyl (C=O) groups excluding carboxylic acids is 3. The standard InChI is InChI=1S/C29H34N6O4/c1-3-9-19-14-15-20-25(24(19)27(37)30-2)29(39)35(23(16-36)18-10-5-4-6-11-18)26(20)28(38)31-17-34-22-13-8-7-12-21(22)32-33-34/h4-8,10-15,19-20,23-26,36H,3,9,16-17H2,1-2H3,(H,30,37)(H,31,38)/t19-,20+,23-,24-,25+,26+/m1/s1. The lowest BCUT2D eigenvalue weighted by Gasteiger charge is -2.34. The van der Waals surface area contributed by atoms with Crippen LogP contribution in [0.3, 0.4) is 0 Å². The minimum absolute atomic E-state index is 0.0610. The van der Waals surface area contributed by atoms with Crippen LogP contribution in [0.2, 0.25) is 0 Å². The number of aliphatic hydroxyl groups excluding tert-OH is 1. The third-order valence-corrected chi connectivity index (χ3v) is 8.00. The Morgan fingerprint density at radius 3 is 2.51 bits per heavy atom. The molecule has 2 aliphatic rings. The van der Waals surface area contributed by atoms with Crippen molar-refractivity contribution in [3.8, 4) is 0 Å². The molecule has 10 heteroatoms. The summed E-state index contributed by atoms with van der Waals surface area (Å²) in [5.41, 5.74) is 2.20. The number of hydrogen-bond donors (Lipinski definition) is 3. The molecule has 3 aromatic rings. The van der Waals surface area contributed by atoms with Crippen molar-refractivity contribution in [3.05, 3.63) is 72.3 Å². The SMILES string of the molecule is CCC[C@@H]1C=C[C@H]2[C@H](C(=O)N([C@H](CO)c3ccccc3)[C@@H]2C(=O)NCn2nnc3ccccc32)[C@@H]1C(=O)NC. The smallest absolute Gasteiger partial charge is 0.244 e. The molecule has 39 heavy (non-hydrogen) atoms. The number of nitrogens with zero attached hydrogens (tertiary/aromatic N) is 4. The molecule has 3 amide bonds. The van der Waals surface area contributed by atoms with Crippen LogP contribution < -0.4 is 10.6 Å². The highest BCUT2D eigenvalue weighted by atomic mass is 16.3. The van der Waals surface area contributed by atoms with Crippen molar-refractivity contribution in [2.75, 3.05) is 13.7 Å². The Morgan fingerprint density at radius 1 is 1.05 bits per heavy atom. The molecule has 1 fully saturated rings. The van der Waals surface area contributed by atoms with Gasteiger partial charge < -0.3 is 20.6 Å². The van der Waals surface area contributed by atoms with E-state index in [-0.39, 0.29) is 36.9 Å². The normalized spacial score (nSPS) is 24.9. The van der Waals surface area contributed by atoms with E-state index in [1.165, 1.54) is 4.90 Å². The van der Waals surface area contributed by atoms with Gasteiger partial charge in [0.2, 0.25) is 17.7 Å². The second kappa shape index (κ2) is 11.4. The van der Waals surface area contributed by atoms with E-state index in [2.05, 4.69) is 20.9 Å². The molecule has 2 heterocycles. The lowest BCUT2D eigenvalue weighted by Crippen LogP contribution is -2.49. The number of carbonyl (C=O) groups is 3. The van der Waals surface area contributed by atoms with Crippen LogP contribution in [0.25, 0.3) is 11.0 Å². The molecule has 0 spiro atoms. The number of rotatable bonds is 9. The van der Waals surface area contributed by atoms with Crippen LogP contribution in [0.1, 0.15) is 31.4 Å². The van der Waals surface area contributed by atoms with E-state index in [1.54, 1.807) is 11.7 Å². The summed E-state index contributed by atoms with van der Waals surface area (Å²) in [6.45, 7) is 1.75. The highest BCUT2D eigenvalue weighted by Crippen LogP contribution is 2.47. The summed E-state index contributed by atoms with van der Waals surface area (Å²) in [6.07, 6.45) is 5.53. The van der Waals surface area contributed by atoms with Crippen LogP contribution in [0.15, 0.2) is 66.7 Å². The zero-order valence-corrected chi connectivity index (χ0v) is 22.1. The van der Waals surface area contributed by atoms with Gasteiger partial charge in [0, 0.05) is 13.0 Å². The molecule has 10 nitrogen and oxygen atoms in total. The topological polar surface area (TPSA) is 129 Å². The highest BCUT2D eigenvalue weighted by Gasteiger charge is 2.58. The maximum atomic E-state index is 14.2. The first-order valence-electron chi connectivity index (χ1n) is 13.4. The quantitative estimate of drug-likeness (QED) is 0.363. The molecule has 0 bridgehead atoms. The van der Waals surface area contributed by atoms with E-state index < -0.39 is 29.8 Å². The highest BCUT2D eigenvalue weighted by molar-refractivity contribution is 5.97. The van der Waals surface area contributed by atoms with Gasteiger partial charge in [0.1, 0.15) is 18.2 Å². The molecule has 5 rings (SSSR count). The van der Waals surface area contributed by atoms with Gasteiger partial charge in [-0.15, -0.1) is 5.10 Å². The zero-order valence-electron chi connectivity index (χ0n) is 22.1. The van der Waals surface area contributed by atoms with Gasteiger partial charge >= 0.3 is 0 Å². The van der Waals surface area contributed by atoms with Crippen LogP contribution in [0.4, 0.5) is 0 Å². The summed E-state index contributed by atoms with van der Waals surface area (Å²) < 4.78 is 1.59. The van der Waals surface area contributed by atoms with Crippen LogP contribution >= 0.6 is 0 Å². The first-order chi connectivity index (χ1) is 19.0. The number of likely N-dealkylation sites (tertiary alicyclic amines) is 1. The molecule has 1 aromatic heterocycles. The van der Waals surface area contributed by atoms with Crippen molar-refractivity contribution in [2.24, 2.45) is 23.7 Å². The zero-order chi connectivity index (χ0) is 27.5. The Kier molecular flexibility index (Phi) is 7.74. The third kappa shape index (κ3) is 4.80. The predicted octanol–water partition coefficient (Wildman–Crippen LogP) is 2.03. The average molecular weight is 531 g/mol. The number of fused-ring (bicyclic) bond motifs is 2. The Bertz CT molecular complexity index is 1370. The fraction of sp³-hybridized carbons (Fsp3) is 0.414. The fourth-order valence-electron chi connectivity index (χ4n) is 6.23. The lowest BCUT2D eigenvalue weighted by atomic mass is 9.68. The molecule has 0 saturated carbocycles. The van der Waals surface area contributed by atoms with Crippen molar-refractivity contribution in [3.63, 3.8) is 0 Å². The summed E-state index contributed by atoms with van der Waals surface area (Å²) in [6, 6.07) is 15.0. The van der Waals surface area contributed by atoms with E-state index in [0.29, 0.717) is 5.52 Å². The summed E-state index contributed by atoms with van der Waals surface area (Å²) in [5, 5.41) is 24.5. The Balaban J connectivity index is 1.52. The van der Waals surface area contributed by atoms with Gasteiger partial charge in [0.15, 0.2) is 0 Å². The summed E-state index contributed by atoms with van der Waals surface area (Å²) in [4.78, 5) is 42.8. The molecule has 0 unspecified atom stereocenters. The second-order valence-electron chi connectivity index (χ2n) is 10.2. The Morgan fingerprint density at radius 2 is 1.79 bits per heavy atom. The van der Waals surface area contributed by atoms with E-state index in [4.69, 9.17) is 0 Å². The summed E-state index contributed by atoms with van der Waals surface area (Å²) >= 11 is 0. The molecular formula is C29H34N6O4. The van der Waals surface area contributed by atoms with Gasteiger partial charge in [-0.25, -0.2) is 4.68 Å². The van der Waals surface area contributed by atoms with Gasteiger partial charge in [-0.2, -0.15) is 0 Å². The number of para-hydroxylation sites is 1. The molecule has 6 atom stereocenters. The lowest BCUT2D eigenvalue weighted by molar-refractivity contribution is -0.143. The molecule has 1 aliphatic heterocycles. The van der Waals surface area contributed by atoms with E-state index in [0.717, 1.165) is 23.9 Å². The van der Waals surface area contributed by atoms with Crippen molar-refractivity contribution in [1.29, 1.82) is 0 Å². The molecule has 1 aliphatic carbocycles. The first kappa shape index (κ1) is 26.6. The monoisotopic (exact) mass is 530 g/mol. The van der Waals surface area contributed by atoms with E-state index in [1.807, 2.05) is 73.7 Å². The van der Waals surface area contributed by atoms with Gasteiger partial charge in [-0.05, 0) is 30.0 Å². The van der Waals surface area contributed by atoms with E-state index >= 15 is 0 Å². The van der Waals surface area contributed by atoms with Crippen LogP contribution in [0, 0.1) is 23.7 Å². The largest absolute Gasteiger partial charge is 0.394 e. The maximum absolute atomic E-state index is 14.2. The van der Waals surface area contributed by atoms with Crippen LogP contribution in [-0.2, 0) is 21.1 Å². The average Bonchev–Trinajstić information content (AvgIpc) is 3.51. The first-order valence-corrected chi connectivity index (χ1v) is 13.4. The number of aliphatic hydroxyl groups is 1. The maximum Gasteiger partial charge on any atom is 0.244 e. The second-order valence-corrected chi connectivity index (χ2v) is 10.2. The minimum Gasteiger partial charge on any atom is -0.394 e. The number of aromatic nitrogens is 3. The van der Waals surface area contributed by atoms with Gasteiger partial charge in [0.25, 0.3) is 0 Å². The summed E-state index contributed by atoms with van der Waals surface area (Å²) in [5.74, 6) is -2.85. The molecular weight excluding hydrogens is 496 g/mol. The van der Waals surface area contributed by atoms with E-state index in [9.17, 15) is 19.5 Å². The third-order valence-electron chi connectivity index (χ3n) is 8.00. The molecule has 2 aromatic carbocycles. The van der Waals surface area contributed by atoms with Crippen LogP contribution in [0.5, 0.6) is 0 Å². The number of nitrogens with one attached hydrogen (secondary N) is 2. The van der Waals surface area contributed by atoms with Crippen molar-refractivity contribution >= 4 is 28.8 Å². The number of hydrogen-bond acceptors (Lipinski definition) is 6.